The number of carbonyl (C=O) groups is 2. The minimum atomic E-state index is -0.974. The molecule has 0 aliphatic heterocycles. The van der Waals surface area contributed by atoms with Crippen molar-refractivity contribution in [3.8, 4) is 0 Å². The SMILES string of the molecule is COC(=O)[C@H](Cc1ccc2ccccc2c1)NC(=O)C(C)(c1ccccc1)c1ccccc1. The minimum Gasteiger partial charge on any atom is -0.467 e. The van der Waals surface area contributed by atoms with Crippen molar-refractivity contribution in [2.75, 3.05) is 7.11 Å². The van der Waals surface area contributed by atoms with Gasteiger partial charge in [-0.3, -0.25) is 4.79 Å². The third kappa shape index (κ3) is 4.65. The lowest BCUT2D eigenvalue weighted by molar-refractivity contribution is -0.145. The van der Waals surface area contributed by atoms with Crippen LogP contribution < -0.4 is 5.32 Å². The van der Waals surface area contributed by atoms with Crippen molar-refractivity contribution in [1.82, 2.24) is 5.32 Å². The van der Waals surface area contributed by atoms with Crippen LogP contribution in [-0.2, 0) is 26.2 Å². The van der Waals surface area contributed by atoms with E-state index in [-0.39, 0.29) is 5.91 Å². The van der Waals surface area contributed by atoms with Crippen LogP contribution in [0.25, 0.3) is 10.8 Å². The number of nitrogens with one attached hydrogen (secondary N) is 1. The molecule has 0 aromatic heterocycles. The quantitative estimate of drug-likeness (QED) is 0.412. The molecule has 0 aliphatic carbocycles. The van der Waals surface area contributed by atoms with Crippen LogP contribution in [0, 0.1) is 0 Å². The molecule has 0 heterocycles. The Labute approximate surface area is 194 Å². The van der Waals surface area contributed by atoms with Gasteiger partial charge in [-0.05, 0) is 34.4 Å². The van der Waals surface area contributed by atoms with E-state index >= 15 is 0 Å². The summed E-state index contributed by atoms with van der Waals surface area (Å²) in [6.45, 7) is 1.89. The van der Waals surface area contributed by atoms with Gasteiger partial charge in [0.2, 0.25) is 5.91 Å². The standard InChI is InChI=1S/C29H27NO3/c1-29(24-13-5-3-6-14-24,25-15-7-4-8-16-25)28(32)30-26(27(31)33-2)20-21-17-18-22-11-9-10-12-23(22)19-21/h3-19,26H,20H2,1-2H3,(H,30,32)/t26-/m0/s1. The topological polar surface area (TPSA) is 55.4 Å². The number of hydrogen-bond donors (Lipinski definition) is 1. The van der Waals surface area contributed by atoms with Crippen molar-refractivity contribution < 1.29 is 14.3 Å². The van der Waals surface area contributed by atoms with Gasteiger partial charge in [-0.2, -0.15) is 0 Å². The number of rotatable bonds is 7. The van der Waals surface area contributed by atoms with Crippen LogP contribution in [0.15, 0.2) is 103 Å². The van der Waals surface area contributed by atoms with Gasteiger partial charge in [0.1, 0.15) is 6.04 Å². The van der Waals surface area contributed by atoms with Gasteiger partial charge in [-0.1, -0.05) is 103 Å². The van der Waals surface area contributed by atoms with E-state index in [0.29, 0.717) is 6.42 Å². The maximum absolute atomic E-state index is 13.8. The Morgan fingerprint density at radius 2 is 1.33 bits per heavy atom. The third-order valence-electron chi connectivity index (χ3n) is 6.20. The number of carbonyl (C=O) groups excluding carboxylic acids is 2. The van der Waals surface area contributed by atoms with E-state index in [2.05, 4.69) is 5.32 Å². The first-order valence-electron chi connectivity index (χ1n) is 11.0. The predicted molar refractivity (Wildman–Crippen MR) is 131 cm³/mol. The lowest BCUT2D eigenvalue weighted by atomic mass is 9.75. The van der Waals surface area contributed by atoms with E-state index in [1.54, 1.807) is 0 Å². The van der Waals surface area contributed by atoms with Gasteiger partial charge >= 0.3 is 5.97 Å². The molecule has 0 aliphatic rings. The van der Waals surface area contributed by atoms with Gasteiger partial charge in [0.25, 0.3) is 0 Å². The lowest BCUT2D eigenvalue weighted by Crippen LogP contribution is -2.51. The van der Waals surface area contributed by atoms with Crippen molar-refractivity contribution in [2.45, 2.75) is 24.8 Å². The summed E-state index contributed by atoms with van der Waals surface area (Å²) in [4.78, 5) is 26.5. The normalized spacial score (nSPS) is 12.2. The molecule has 0 bridgehead atoms. The van der Waals surface area contributed by atoms with Crippen molar-refractivity contribution >= 4 is 22.6 Å². The molecule has 0 fully saturated rings. The molecule has 4 nitrogen and oxygen atoms in total. The fourth-order valence-corrected chi connectivity index (χ4v) is 4.21. The van der Waals surface area contributed by atoms with Crippen LogP contribution >= 0.6 is 0 Å². The van der Waals surface area contributed by atoms with Crippen molar-refractivity contribution in [3.63, 3.8) is 0 Å². The Hall–Kier alpha value is -3.92. The minimum absolute atomic E-state index is 0.254. The molecule has 0 radical (unpaired) electrons. The highest BCUT2D eigenvalue weighted by Gasteiger charge is 2.39. The third-order valence-corrected chi connectivity index (χ3v) is 6.20. The smallest absolute Gasteiger partial charge is 0.328 e. The summed E-state index contributed by atoms with van der Waals surface area (Å²) >= 11 is 0. The van der Waals surface area contributed by atoms with Gasteiger partial charge < -0.3 is 10.1 Å². The Balaban J connectivity index is 1.66. The van der Waals surface area contributed by atoms with Crippen LogP contribution in [-0.4, -0.2) is 25.0 Å². The summed E-state index contributed by atoms with van der Waals surface area (Å²) in [5.41, 5.74) is 1.68. The number of ether oxygens (including phenoxy) is 1. The first-order valence-corrected chi connectivity index (χ1v) is 11.0. The molecule has 0 saturated carbocycles. The number of benzene rings is 4. The van der Waals surface area contributed by atoms with Crippen molar-refractivity contribution in [2.24, 2.45) is 0 Å². The molecule has 4 rings (SSSR count). The zero-order chi connectivity index (χ0) is 23.3. The second-order valence-electron chi connectivity index (χ2n) is 8.29. The van der Waals surface area contributed by atoms with Crippen molar-refractivity contribution in [1.29, 1.82) is 0 Å². The summed E-state index contributed by atoms with van der Waals surface area (Å²) < 4.78 is 5.04. The Bertz CT molecular complexity index is 1210. The highest BCUT2D eigenvalue weighted by Crippen LogP contribution is 2.32. The maximum Gasteiger partial charge on any atom is 0.328 e. The van der Waals surface area contributed by atoms with Crippen LogP contribution in [0.2, 0.25) is 0 Å². The summed E-state index contributed by atoms with van der Waals surface area (Å²) in [6.07, 6.45) is 0.336. The second kappa shape index (κ2) is 9.70. The van der Waals surface area contributed by atoms with Crippen molar-refractivity contribution in [3.05, 3.63) is 120 Å². The number of methoxy groups -OCH3 is 1. The van der Waals surface area contributed by atoms with E-state index < -0.39 is 17.4 Å². The zero-order valence-electron chi connectivity index (χ0n) is 18.8. The molecular formula is C29H27NO3. The molecule has 0 spiro atoms. The Kier molecular flexibility index (Phi) is 6.55. The molecule has 0 unspecified atom stereocenters. The average molecular weight is 438 g/mol. The summed E-state index contributed by atoms with van der Waals surface area (Å²) in [6, 6.07) is 32.5. The van der Waals surface area contributed by atoms with E-state index in [0.717, 1.165) is 27.5 Å². The van der Waals surface area contributed by atoms with E-state index in [9.17, 15) is 9.59 Å². The largest absolute Gasteiger partial charge is 0.467 e. The van der Waals surface area contributed by atoms with Crippen LogP contribution in [0.4, 0.5) is 0 Å². The molecule has 4 aromatic rings. The van der Waals surface area contributed by atoms with Gasteiger partial charge in [0, 0.05) is 6.42 Å². The molecule has 4 aromatic carbocycles. The van der Waals surface area contributed by atoms with Crippen LogP contribution in [0.3, 0.4) is 0 Å². The average Bonchev–Trinajstić information content (AvgIpc) is 2.88. The lowest BCUT2D eigenvalue weighted by Gasteiger charge is -2.31. The highest BCUT2D eigenvalue weighted by atomic mass is 16.5. The molecular weight excluding hydrogens is 410 g/mol. The number of amides is 1. The Morgan fingerprint density at radius 3 is 1.91 bits per heavy atom. The van der Waals surface area contributed by atoms with Crippen LogP contribution in [0.1, 0.15) is 23.6 Å². The predicted octanol–water partition coefficient (Wildman–Crippen LogP) is 5.05. The van der Waals surface area contributed by atoms with E-state index in [1.807, 2.05) is 110 Å². The fourth-order valence-electron chi connectivity index (χ4n) is 4.21. The molecule has 1 atom stereocenters. The number of esters is 1. The molecule has 166 valence electrons. The Morgan fingerprint density at radius 1 is 0.788 bits per heavy atom. The summed E-state index contributed by atoms with van der Waals surface area (Å²) in [7, 11) is 1.34. The molecule has 0 saturated heterocycles. The number of hydrogen-bond acceptors (Lipinski definition) is 3. The molecule has 4 heteroatoms. The maximum atomic E-state index is 13.8. The first kappa shape index (κ1) is 22.3. The van der Waals surface area contributed by atoms with Gasteiger partial charge in [0.05, 0.1) is 12.5 Å². The highest BCUT2D eigenvalue weighted by molar-refractivity contribution is 5.94. The first-order chi connectivity index (χ1) is 16.0. The van der Waals surface area contributed by atoms with Gasteiger partial charge in [-0.15, -0.1) is 0 Å². The van der Waals surface area contributed by atoms with Gasteiger partial charge in [0.15, 0.2) is 0 Å². The monoisotopic (exact) mass is 437 g/mol. The van der Waals surface area contributed by atoms with E-state index in [1.165, 1.54) is 7.11 Å². The van der Waals surface area contributed by atoms with Gasteiger partial charge in [-0.25, -0.2) is 4.79 Å². The number of fused-ring (bicyclic) bond motifs is 1. The summed E-state index contributed by atoms with van der Waals surface area (Å²) in [5, 5.41) is 5.20. The van der Waals surface area contributed by atoms with Crippen LogP contribution in [0.5, 0.6) is 0 Å². The summed E-state index contributed by atoms with van der Waals surface area (Å²) in [5.74, 6) is -0.726. The molecule has 33 heavy (non-hydrogen) atoms. The fraction of sp³-hybridized carbons (Fsp3) is 0.172. The molecule has 1 N–H and O–H groups in total. The zero-order valence-corrected chi connectivity index (χ0v) is 18.8. The van der Waals surface area contributed by atoms with E-state index in [4.69, 9.17) is 4.74 Å². The second-order valence-corrected chi connectivity index (χ2v) is 8.29. The molecule has 1 amide bonds.